The maximum Gasteiger partial charge on any atom is 0.305 e. The molecule has 1 rings (SSSR count). The van der Waals surface area contributed by atoms with E-state index in [1.165, 1.54) is 6.07 Å². The van der Waals surface area contributed by atoms with E-state index in [2.05, 4.69) is 0 Å². The topological polar surface area (TPSA) is 57.6 Å². The van der Waals surface area contributed by atoms with Crippen molar-refractivity contribution in [3.05, 3.63) is 29.8 Å². The summed E-state index contributed by atoms with van der Waals surface area (Å²) < 4.78 is 27.6. The highest BCUT2D eigenvalue weighted by Crippen LogP contribution is 2.28. The standard InChI is InChI=1S/C14H17F2NO3/c1-14(2,3)13(20)17(8-7-11(18)19)12-9(15)5-4-6-10(12)16/h4-6H,7-8H2,1-3H3,(H,18,19). The number of hydrogen-bond acceptors (Lipinski definition) is 2. The third-order valence-electron chi connectivity index (χ3n) is 2.64. The summed E-state index contributed by atoms with van der Waals surface area (Å²) in [5.74, 6) is -3.47. The number of carbonyl (C=O) groups is 2. The molecule has 0 saturated carbocycles. The van der Waals surface area contributed by atoms with Crippen LogP contribution in [0, 0.1) is 17.0 Å². The van der Waals surface area contributed by atoms with E-state index in [0.717, 1.165) is 17.0 Å². The number of rotatable bonds is 4. The van der Waals surface area contributed by atoms with E-state index in [4.69, 9.17) is 5.11 Å². The van der Waals surface area contributed by atoms with Crippen molar-refractivity contribution in [1.29, 1.82) is 0 Å². The predicted molar refractivity (Wildman–Crippen MR) is 70.4 cm³/mol. The molecule has 0 fully saturated rings. The highest BCUT2D eigenvalue weighted by Gasteiger charge is 2.31. The maximum absolute atomic E-state index is 13.8. The Hall–Kier alpha value is -1.98. The highest BCUT2D eigenvalue weighted by molar-refractivity contribution is 5.97. The SMILES string of the molecule is CC(C)(C)C(=O)N(CCC(=O)O)c1c(F)cccc1F. The van der Waals surface area contributed by atoms with E-state index in [9.17, 15) is 18.4 Å². The molecule has 0 heterocycles. The zero-order valence-electron chi connectivity index (χ0n) is 11.6. The first-order chi connectivity index (χ1) is 9.14. The lowest BCUT2D eigenvalue weighted by molar-refractivity contribution is -0.136. The van der Waals surface area contributed by atoms with Gasteiger partial charge in [0.15, 0.2) is 0 Å². The normalized spacial score (nSPS) is 11.2. The van der Waals surface area contributed by atoms with Gasteiger partial charge >= 0.3 is 5.97 Å². The second kappa shape index (κ2) is 5.98. The molecule has 0 spiro atoms. The van der Waals surface area contributed by atoms with Crippen molar-refractivity contribution in [2.45, 2.75) is 27.2 Å². The summed E-state index contributed by atoms with van der Waals surface area (Å²) in [5.41, 5.74) is -1.39. The monoisotopic (exact) mass is 285 g/mol. The number of nitrogens with zero attached hydrogens (tertiary/aromatic N) is 1. The summed E-state index contributed by atoms with van der Waals surface area (Å²) in [4.78, 5) is 23.8. The highest BCUT2D eigenvalue weighted by atomic mass is 19.1. The van der Waals surface area contributed by atoms with Gasteiger partial charge in [0, 0.05) is 12.0 Å². The van der Waals surface area contributed by atoms with Crippen LogP contribution in [0.1, 0.15) is 27.2 Å². The van der Waals surface area contributed by atoms with Gasteiger partial charge < -0.3 is 10.0 Å². The minimum absolute atomic E-state index is 0.288. The first-order valence-electron chi connectivity index (χ1n) is 6.12. The fourth-order valence-electron chi connectivity index (χ4n) is 1.67. The van der Waals surface area contributed by atoms with E-state index >= 15 is 0 Å². The average Bonchev–Trinajstić information content (AvgIpc) is 2.30. The van der Waals surface area contributed by atoms with Crippen LogP contribution >= 0.6 is 0 Å². The van der Waals surface area contributed by atoms with Gasteiger partial charge in [-0.2, -0.15) is 0 Å². The van der Waals surface area contributed by atoms with Crippen molar-refractivity contribution in [2.24, 2.45) is 5.41 Å². The Morgan fingerprint density at radius 1 is 1.20 bits per heavy atom. The van der Waals surface area contributed by atoms with Crippen LogP contribution in [0.2, 0.25) is 0 Å². The lowest BCUT2D eigenvalue weighted by Crippen LogP contribution is -2.41. The van der Waals surface area contributed by atoms with E-state index in [-0.39, 0.29) is 6.54 Å². The summed E-state index contributed by atoms with van der Waals surface area (Å²) in [7, 11) is 0. The van der Waals surface area contributed by atoms with Gasteiger partial charge in [-0.3, -0.25) is 9.59 Å². The van der Waals surface area contributed by atoms with E-state index < -0.39 is 41.0 Å². The zero-order valence-corrected chi connectivity index (χ0v) is 11.6. The van der Waals surface area contributed by atoms with Crippen LogP contribution in [0.5, 0.6) is 0 Å². The molecule has 0 atom stereocenters. The lowest BCUT2D eigenvalue weighted by atomic mass is 9.94. The molecular weight excluding hydrogens is 268 g/mol. The Labute approximate surface area is 116 Å². The minimum atomic E-state index is -1.14. The van der Waals surface area contributed by atoms with Crippen LogP contribution in [-0.4, -0.2) is 23.5 Å². The molecule has 1 amide bonds. The summed E-state index contributed by atoms with van der Waals surface area (Å²) in [6.45, 7) is 4.51. The Morgan fingerprint density at radius 3 is 2.10 bits per heavy atom. The Kier molecular flexibility index (Phi) is 4.81. The fourth-order valence-corrected chi connectivity index (χ4v) is 1.67. The van der Waals surface area contributed by atoms with E-state index in [0.29, 0.717) is 0 Å². The molecule has 0 saturated heterocycles. The van der Waals surface area contributed by atoms with Crippen LogP contribution in [0.15, 0.2) is 18.2 Å². The molecule has 110 valence electrons. The third kappa shape index (κ3) is 3.76. The van der Waals surface area contributed by atoms with Gasteiger partial charge in [0.05, 0.1) is 6.42 Å². The van der Waals surface area contributed by atoms with Crippen LogP contribution in [0.3, 0.4) is 0 Å². The van der Waals surface area contributed by atoms with Crippen molar-refractivity contribution in [1.82, 2.24) is 0 Å². The number of amides is 1. The van der Waals surface area contributed by atoms with Crippen LogP contribution in [0.4, 0.5) is 14.5 Å². The first kappa shape index (κ1) is 16.1. The first-order valence-corrected chi connectivity index (χ1v) is 6.12. The minimum Gasteiger partial charge on any atom is -0.481 e. The summed E-state index contributed by atoms with van der Waals surface area (Å²) in [5, 5.41) is 8.71. The number of aliphatic carboxylic acids is 1. The number of para-hydroxylation sites is 1. The van der Waals surface area contributed by atoms with E-state index in [1.807, 2.05) is 0 Å². The molecule has 0 unspecified atom stereocenters. The molecule has 0 aliphatic rings. The maximum atomic E-state index is 13.8. The Bertz CT molecular complexity index is 503. The number of benzene rings is 1. The quantitative estimate of drug-likeness (QED) is 0.925. The Balaban J connectivity index is 3.23. The zero-order chi connectivity index (χ0) is 15.5. The van der Waals surface area contributed by atoms with Gasteiger partial charge in [0.1, 0.15) is 17.3 Å². The predicted octanol–water partition coefficient (Wildman–Crippen LogP) is 2.82. The molecule has 0 bridgehead atoms. The summed E-state index contributed by atoms with van der Waals surface area (Å²) in [6, 6.07) is 3.25. The number of hydrogen-bond donors (Lipinski definition) is 1. The van der Waals surface area contributed by atoms with Crippen LogP contribution in [-0.2, 0) is 9.59 Å². The number of halogens is 2. The van der Waals surface area contributed by atoms with Gasteiger partial charge in [-0.25, -0.2) is 8.78 Å². The summed E-state index contributed by atoms with van der Waals surface area (Å²) in [6.07, 6.45) is -0.393. The van der Waals surface area contributed by atoms with Gasteiger partial charge in [-0.15, -0.1) is 0 Å². The molecule has 0 aliphatic heterocycles. The van der Waals surface area contributed by atoms with Crippen molar-refractivity contribution >= 4 is 17.6 Å². The average molecular weight is 285 g/mol. The lowest BCUT2D eigenvalue weighted by Gasteiger charge is -2.29. The van der Waals surface area contributed by atoms with Gasteiger partial charge in [0.25, 0.3) is 0 Å². The van der Waals surface area contributed by atoms with Crippen molar-refractivity contribution in [2.75, 3.05) is 11.4 Å². The van der Waals surface area contributed by atoms with Crippen molar-refractivity contribution in [3.63, 3.8) is 0 Å². The molecular formula is C14H17F2NO3. The molecule has 6 heteroatoms. The number of carbonyl (C=O) groups excluding carboxylic acids is 1. The molecule has 0 radical (unpaired) electrons. The summed E-state index contributed by atoms with van der Waals surface area (Å²) >= 11 is 0. The molecule has 1 N–H and O–H groups in total. The van der Waals surface area contributed by atoms with Gasteiger partial charge in [-0.1, -0.05) is 26.8 Å². The second-order valence-corrected chi connectivity index (χ2v) is 5.42. The molecule has 0 aromatic heterocycles. The van der Waals surface area contributed by atoms with Crippen molar-refractivity contribution in [3.8, 4) is 0 Å². The molecule has 1 aromatic carbocycles. The van der Waals surface area contributed by atoms with Crippen molar-refractivity contribution < 1.29 is 23.5 Å². The van der Waals surface area contributed by atoms with Crippen LogP contribution in [0.25, 0.3) is 0 Å². The number of carboxylic acids is 1. The number of anilines is 1. The largest absolute Gasteiger partial charge is 0.481 e. The third-order valence-corrected chi connectivity index (χ3v) is 2.64. The Morgan fingerprint density at radius 2 is 1.70 bits per heavy atom. The van der Waals surface area contributed by atoms with Gasteiger partial charge in [0.2, 0.25) is 5.91 Å². The van der Waals surface area contributed by atoms with Crippen LogP contribution < -0.4 is 4.90 Å². The molecule has 4 nitrogen and oxygen atoms in total. The van der Waals surface area contributed by atoms with E-state index in [1.54, 1.807) is 20.8 Å². The molecule has 20 heavy (non-hydrogen) atoms. The molecule has 0 aliphatic carbocycles. The van der Waals surface area contributed by atoms with Gasteiger partial charge in [-0.05, 0) is 12.1 Å². The molecule has 1 aromatic rings. The fraction of sp³-hybridized carbons (Fsp3) is 0.429. The second-order valence-electron chi connectivity index (χ2n) is 5.42. The number of carboxylic acid groups (broad SMARTS) is 1. The smallest absolute Gasteiger partial charge is 0.305 e.